The number of rotatable bonds is 4. The molecule has 0 spiro atoms. The van der Waals surface area contributed by atoms with Gasteiger partial charge in [-0.2, -0.15) is 0 Å². The molecule has 2 aliphatic rings. The van der Waals surface area contributed by atoms with E-state index >= 15 is 0 Å². The molecule has 1 aromatic carbocycles. The van der Waals surface area contributed by atoms with Gasteiger partial charge in [0.15, 0.2) is 0 Å². The molecule has 0 N–H and O–H groups in total. The van der Waals surface area contributed by atoms with E-state index in [0.717, 1.165) is 42.9 Å². The summed E-state index contributed by atoms with van der Waals surface area (Å²) in [7, 11) is 0. The van der Waals surface area contributed by atoms with Crippen LogP contribution in [0, 0.1) is 6.92 Å². The Bertz CT molecular complexity index is 757. The SMILES string of the molecule is Cc1oc(-c2ccccc2)nc1CC(=O)N1CCC(N2CCCCC2)CC1. The lowest BCUT2D eigenvalue weighted by molar-refractivity contribution is -0.132. The predicted molar refractivity (Wildman–Crippen MR) is 105 cm³/mol. The van der Waals surface area contributed by atoms with Crippen molar-refractivity contribution in [2.75, 3.05) is 26.2 Å². The number of nitrogens with zero attached hydrogens (tertiary/aromatic N) is 3. The van der Waals surface area contributed by atoms with Gasteiger partial charge in [0.2, 0.25) is 11.8 Å². The quantitative estimate of drug-likeness (QED) is 0.827. The van der Waals surface area contributed by atoms with Gasteiger partial charge in [-0.15, -0.1) is 0 Å². The molecule has 144 valence electrons. The normalized spacial score (nSPS) is 19.4. The van der Waals surface area contributed by atoms with Crippen molar-refractivity contribution in [2.45, 2.75) is 51.5 Å². The number of carbonyl (C=O) groups is 1. The molecule has 5 nitrogen and oxygen atoms in total. The van der Waals surface area contributed by atoms with Crippen molar-refractivity contribution in [3.05, 3.63) is 41.8 Å². The van der Waals surface area contributed by atoms with Gasteiger partial charge < -0.3 is 14.2 Å². The number of oxazole rings is 1. The van der Waals surface area contributed by atoms with E-state index in [9.17, 15) is 4.79 Å². The summed E-state index contributed by atoms with van der Waals surface area (Å²) >= 11 is 0. The summed E-state index contributed by atoms with van der Waals surface area (Å²) in [6, 6.07) is 10.5. The molecule has 1 amide bonds. The van der Waals surface area contributed by atoms with Crippen LogP contribution in [-0.2, 0) is 11.2 Å². The topological polar surface area (TPSA) is 49.6 Å². The molecule has 5 heteroatoms. The minimum Gasteiger partial charge on any atom is -0.441 e. The molecule has 3 heterocycles. The number of likely N-dealkylation sites (tertiary alicyclic amines) is 2. The van der Waals surface area contributed by atoms with Crippen LogP contribution in [0.3, 0.4) is 0 Å². The van der Waals surface area contributed by atoms with Crippen LogP contribution in [0.5, 0.6) is 0 Å². The Morgan fingerprint density at radius 2 is 1.78 bits per heavy atom. The van der Waals surface area contributed by atoms with E-state index in [-0.39, 0.29) is 5.91 Å². The van der Waals surface area contributed by atoms with Crippen molar-refractivity contribution in [1.82, 2.24) is 14.8 Å². The van der Waals surface area contributed by atoms with Gasteiger partial charge >= 0.3 is 0 Å². The largest absolute Gasteiger partial charge is 0.441 e. The lowest BCUT2D eigenvalue weighted by atomic mass is 9.99. The van der Waals surface area contributed by atoms with E-state index in [1.807, 2.05) is 42.2 Å². The van der Waals surface area contributed by atoms with Crippen molar-refractivity contribution < 1.29 is 9.21 Å². The highest BCUT2D eigenvalue weighted by atomic mass is 16.4. The van der Waals surface area contributed by atoms with E-state index in [1.165, 1.54) is 32.4 Å². The van der Waals surface area contributed by atoms with E-state index in [1.54, 1.807) is 0 Å². The van der Waals surface area contributed by atoms with Crippen LogP contribution in [0.1, 0.15) is 43.6 Å². The van der Waals surface area contributed by atoms with E-state index < -0.39 is 0 Å². The number of piperidine rings is 2. The number of amides is 1. The molecule has 0 unspecified atom stereocenters. The third-order valence-corrected chi connectivity index (χ3v) is 5.96. The van der Waals surface area contributed by atoms with Gasteiger partial charge in [0.1, 0.15) is 5.76 Å². The monoisotopic (exact) mass is 367 g/mol. The number of aromatic nitrogens is 1. The molecule has 0 radical (unpaired) electrons. The lowest BCUT2D eigenvalue weighted by Crippen LogP contribution is -2.48. The Kier molecular flexibility index (Phi) is 5.58. The molecule has 4 rings (SSSR count). The highest BCUT2D eigenvalue weighted by Crippen LogP contribution is 2.24. The molecular formula is C22H29N3O2. The number of hydrogen-bond donors (Lipinski definition) is 0. The van der Waals surface area contributed by atoms with Gasteiger partial charge in [0.25, 0.3) is 0 Å². The first-order valence-corrected chi connectivity index (χ1v) is 10.2. The number of carbonyl (C=O) groups excluding carboxylic acids is 1. The predicted octanol–water partition coefficient (Wildman–Crippen LogP) is 3.67. The molecule has 0 atom stereocenters. The molecule has 0 bridgehead atoms. The second kappa shape index (κ2) is 8.26. The average Bonchev–Trinajstić information content (AvgIpc) is 3.10. The highest BCUT2D eigenvalue weighted by molar-refractivity contribution is 5.78. The smallest absolute Gasteiger partial charge is 0.228 e. The second-order valence-corrected chi connectivity index (χ2v) is 7.77. The maximum absolute atomic E-state index is 12.8. The minimum absolute atomic E-state index is 0.170. The molecule has 27 heavy (non-hydrogen) atoms. The summed E-state index contributed by atoms with van der Waals surface area (Å²) < 4.78 is 5.80. The molecule has 2 aliphatic heterocycles. The molecule has 2 saturated heterocycles. The van der Waals surface area contributed by atoms with Crippen molar-refractivity contribution >= 4 is 5.91 Å². The third kappa shape index (κ3) is 4.24. The Morgan fingerprint density at radius 1 is 1.07 bits per heavy atom. The molecule has 0 aliphatic carbocycles. The summed E-state index contributed by atoms with van der Waals surface area (Å²) in [5.74, 6) is 1.51. The minimum atomic E-state index is 0.170. The summed E-state index contributed by atoms with van der Waals surface area (Å²) in [6.45, 7) is 6.09. The van der Waals surface area contributed by atoms with Crippen molar-refractivity contribution in [1.29, 1.82) is 0 Å². The van der Waals surface area contributed by atoms with Gasteiger partial charge in [0, 0.05) is 24.7 Å². The lowest BCUT2D eigenvalue weighted by Gasteiger charge is -2.40. The maximum atomic E-state index is 12.8. The van der Waals surface area contributed by atoms with Crippen molar-refractivity contribution in [3.8, 4) is 11.5 Å². The zero-order valence-corrected chi connectivity index (χ0v) is 16.2. The fourth-order valence-electron chi connectivity index (χ4n) is 4.32. The third-order valence-electron chi connectivity index (χ3n) is 5.96. The first-order chi connectivity index (χ1) is 13.2. The van der Waals surface area contributed by atoms with Crippen molar-refractivity contribution in [2.24, 2.45) is 0 Å². The number of hydrogen-bond acceptors (Lipinski definition) is 4. The van der Waals surface area contributed by atoms with Gasteiger partial charge in [-0.3, -0.25) is 4.79 Å². The van der Waals surface area contributed by atoms with E-state index in [4.69, 9.17) is 4.42 Å². The van der Waals surface area contributed by atoms with Crippen LogP contribution in [0.15, 0.2) is 34.7 Å². The average molecular weight is 367 g/mol. The molecular weight excluding hydrogens is 338 g/mol. The summed E-state index contributed by atoms with van der Waals surface area (Å²) in [6.07, 6.45) is 6.55. The Labute approximate surface area is 161 Å². The fraction of sp³-hybridized carbons (Fsp3) is 0.545. The highest BCUT2D eigenvalue weighted by Gasteiger charge is 2.28. The standard InChI is InChI=1S/C22H29N3O2/c1-17-20(23-22(27-17)18-8-4-2-5-9-18)16-21(26)25-14-10-19(11-15-25)24-12-6-3-7-13-24/h2,4-5,8-9,19H,3,6-7,10-16H2,1H3. The van der Waals surface area contributed by atoms with E-state index in [2.05, 4.69) is 9.88 Å². The zero-order valence-electron chi connectivity index (χ0n) is 16.2. The van der Waals surface area contributed by atoms with Gasteiger partial charge in [-0.05, 0) is 57.8 Å². The van der Waals surface area contributed by atoms with E-state index in [0.29, 0.717) is 18.4 Å². The number of benzene rings is 1. The summed E-state index contributed by atoms with van der Waals surface area (Å²) in [5.41, 5.74) is 1.71. The first kappa shape index (κ1) is 18.2. The summed E-state index contributed by atoms with van der Waals surface area (Å²) in [5, 5.41) is 0. The van der Waals surface area contributed by atoms with Crippen LogP contribution in [0.25, 0.3) is 11.5 Å². The Balaban J connectivity index is 1.34. The van der Waals surface area contributed by atoms with Gasteiger partial charge in [-0.25, -0.2) is 4.98 Å². The zero-order chi connectivity index (χ0) is 18.6. The van der Waals surface area contributed by atoms with Crippen LogP contribution in [-0.4, -0.2) is 52.9 Å². The van der Waals surface area contributed by atoms with Crippen molar-refractivity contribution in [3.63, 3.8) is 0 Å². The maximum Gasteiger partial charge on any atom is 0.228 e. The summed E-state index contributed by atoms with van der Waals surface area (Å²) in [4.78, 5) is 22.0. The molecule has 2 aromatic rings. The first-order valence-electron chi connectivity index (χ1n) is 10.2. The van der Waals surface area contributed by atoms with Crippen LogP contribution < -0.4 is 0 Å². The van der Waals surface area contributed by atoms with Gasteiger partial charge in [0.05, 0.1) is 12.1 Å². The van der Waals surface area contributed by atoms with Crippen LogP contribution in [0.2, 0.25) is 0 Å². The fourth-order valence-corrected chi connectivity index (χ4v) is 4.32. The van der Waals surface area contributed by atoms with Crippen LogP contribution >= 0.6 is 0 Å². The Morgan fingerprint density at radius 3 is 2.48 bits per heavy atom. The Hall–Kier alpha value is -2.14. The van der Waals surface area contributed by atoms with Crippen LogP contribution in [0.4, 0.5) is 0 Å². The molecule has 2 fully saturated rings. The van der Waals surface area contributed by atoms with Gasteiger partial charge in [-0.1, -0.05) is 24.6 Å². The molecule has 1 aromatic heterocycles. The second-order valence-electron chi connectivity index (χ2n) is 7.77. The number of aryl methyl sites for hydroxylation is 1. The molecule has 0 saturated carbocycles.